The molecule has 0 saturated carbocycles. The zero-order valence-electron chi connectivity index (χ0n) is 10.5. The van der Waals surface area contributed by atoms with Crippen molar-refractivity contribution in [2.45, 2.75) is 6.92 Å². The normalized spacial score (nSPS) is 13.6. The summed E-state index contributed by atoms with van der Waals surface area (Å²) in [5.41, 5.74) is 3.15. The minimum absolute atomic E-state index is 1.02. The lowest BCUT2D eigenvalue weighted by Crippen LogP contribution is -1.81. The van der Waals surface area contributed by atoms with Gasteiger partial charge in [0, 0.05) is 0 Å². The predicted molar refractivity (Wildman–Crippen MR) is 79.9 cm³/mol. The van der Waals surface area contributed by atoms with Gasteiger partial charge in [0.25, 0.3) is 0 Å². The quantitative estimate of drug-likeness (QED) is 0.529. The van der Waals surface area contributed by atoms with Crippen LogP contribution in [-0.2, 0) is 0 Å². The molecule has 0 nitrogen and oxygen atoms in total. The fourth-order valence-corrected chi connectivity index (χ4v) is 1.09. The molecule has 0 heterocycles. The highest BCUT2D eigenvalue weighted by atomic mass is 14.0. The molecule has 0 aliphatic heterocycles. The van der Waals surface area contributed by atoms with Crippen LogP contribution >= 0.6 is 0 Å². The molecule has 0 fully saturated rings. The van der Waals surface area contributed by atoms with Crippen LogP contribution in [0.4, 0.5) is 0 Å². The number of allylic oxidation sites excluding steroid dienone is 12. The third kappa shape index (κ3) is 6.16. The second-order valence-electron chi connectivity index (χ2n) is 3.39. The van der Waals surface area contributed by atoms with E-state index < -0.39 is 0 Å². The molecule has 0 aromatic carbocycles. The van der Waals surface area contributed by atoms with E-state index in [1.807, 2.05) is 49.5 Å². The van der Waals surface area contributed by atoms with Crippen molar-refractivity contribution < 1.29 is 0 Å². The summed E-state index contributed by atoms with van der Waals surface area (Å²) in [6.07, 6.45) is 16.9. The molecule has 0 spiro atoms. The molecular weight excluding hydrogens is 204 g/mol. The van der Waals surface area contributed by atoms with Gasteiger partial charge in [0.05, 0.1) is 0 Å². The minimum Gasteiger partial charge on any atom is -0.0991 e. The highest BCUT2D eigenvalue weighted by Gasteiger charge is 1.94. The molecule has 17 heavy (non-hydrogen) atoms. The Morgan fingerprint density at radius 1 is 0.706 bits per heavy atom. The molecule has 0 aromatic rings. The number of hydrogen-bond donors (Lipinski definition) is 0. The van der Waals surface area contributed by atoms with Gasteiger partial charge >= 0.3 is 0 Å². The van der Waals surface area contributed by atoms with Crippen LogP contribution < -0.4 is 0 Å². The second kappa shape index (κ2) is 9.17. The second-order valence-corrected chi connectivity index (χ2v) is 3.39. The highest BCUT2D eigenvalue weighted by Crippen LogP contribution is 2.13. The third-order valence-electron chi connectivity index (χ3n) is 2.14. The summed E-state index contributed by atoms with van der Waals surface area (Å²) in [5.74, 6) is 0. The third-order valence-corrected chi connectivity index (χ3v) is 2.14. The molecule has 0 saturated heterocycles. The van der Waals surface area contributed by atoms with Gasteiger partial charge in [-0.3, -0.25) is 0 Å². The van der Waals surface area contributed by atoms with Crippen LogP contribution in [0, 0.1) is 0 Å². The first-order valence-corrected chi connectivity index (χ1v) is 5.45. The Morgan fingerprint density at radius 3 is 1.76 bits per heavy atom. The molecule has 0 radical (unpaired) electrons. The topological polar surface area (TPSA) is 0 Å². The van der Waals surface area contributed by atoms with Gasteiger partial charge in [-0.2, -0.15) is 0 Å². The summed E-state index contributed by atoms with van der Waals surface area (Å²) in [6, 6.07) is 0. The van der Waals surface area contributed by atoms with E-state index >= 15 is 0 Å². The summed E-state index contributed by atoms with van der Waals surface area (Å²) in [5, 5.41) is 0. The lowest BCUT2D eigenvalue weighted by Gasteiger charge is -2.01. The van der Waals surface area contributed by atoms with E-state index in [1.54, 1.807) is 12.2 Å². The van der Waals surface area contributed by atoms with E-state index in [9.17, 15) is 0 Å². The van der Waals surface area contributed by atoms with Crippen LogP contribution in [0.25, 0.3) is 0 Å². The number of hydrogen-bond acceptors (Lipinski definition) is 0. The summed E-state index contributed by atoms with van der Waals surface area (Å²) >= 11 is 0. The Hall–Kier alpha value is -2.08. The average molecular weight is 224 g/mol. The van der Waals surface area contributed by atoms with Gasteiger partial charge < -0.3 is 0 Å². The standard InChI is InChI=1S/C17H20/c1-6-10-11-12-16(8-3)17(9-4)14-13-15(5)7-2/h6-14H,1-4H2,5H3/b11-10-,15-13-,16-12+,17-14+. The summed E-state index contributed by atoms with van der Waals surface area (Å²) in [4.78, 5) is 0. The molecule has 0 N–H and O–H groups in total. The van der Waals surface area contributed by atoms with Crippen LogP contribution in [0.15, 0.2) is 97.7 Å². The van der Waals surface area contributed by atoms with Gasteiger partial charge in [-0.25, -0.2) is 0 Å². The minimum atomic E-state index is 1.02. The highest BCUT2D eigenvalue weighted by molar-refractivity contribution is 5.48. The van der Waals surface area contributed by atoms with Crippen LogP contribution in [0.2, 0.25) is 0 Å². The SMILES string of the molecule is C=C\C=C/C=C(C=C)/C(C=C)=C/C=C(/C)C=C. The fourth-order valence-electron chi connectivity index (χ4n) is 1.09. The summed E-state index contributed by atoms with van der Waals surface area (Å²) in [6.45, 7) is 16.9. The monoisotopic (exact) mass is 224 g/mol. The summed E-state index contributed by atoms with van der Waals surface area (Å²) in [7, 11) is 0. The van der Waals surface area contributed by atoms with Crippen LogP contribution in [0.5, 0.6) is 0 Å². The lowest BCUT2D eigenvalue weighted by molar-refractivity contribution is 1.50. The van der Waals surface area contributed by atoms with E-state index in [0.29, 0.717) is 0 Å². The van der Waals surface area contributed by atoms with Crippen molar-refractivity contribution >= 4 is 0 Å². The smallest absolute Gasteiger partial charge is 0.0190 e. The first-order valence-electron chi connectivity index (χ1n) is 5.45. The van der Waals surface area contributed by atoms with Crippen molar-refractivity contribution in [3.05, 3.63) is 97.7 Å². The Balaban J connectivity index is 5.20. The Bertz CT molecular complexity index is 409. The molecule has 88 valence electrons. The van der Waals surface area contributed by atoms with E-state index in [-0.39, 0.29) is 0 Å². The van der Waals surface area contributed by atoms with Crippen LogP contribution in [0.1, 0.15) is 6.92 Å². The molecule has 0 heteroatoms. The molecule has 0 amide bonds. The van der Waals surface area contributed by atoms with Crippen molar-refractivity contribution in [3.8, 4) is 0 Å². The van der Waals surface area contributed by atoms with Crippen molar-refractivity contribution in [1.29, 1.82) is 0 Å². The maximum Gasteiger partial charge on any atom is -0.0190 e. The molecule has 0 aromatic heterocycles. The molecule has 0 rings (SSSR count). The van der Waals surface area contributed by atoms with Crippen LogP contribution in [0.3, 0.4) is 0 Å². The first kappa shape index (κ1) is 14.9. The fraction of sp³-hybridized carbons (Fsp3) is 0.0588. The number of rotatable bonds is 7. The Kier molecular flexibility index (Phi) is 8.05. The Labute approximate surface area is 105 Å². The zero-order chi connectivity index (χ0) is 13.1. The van der Waals surface area contributed by atoms with Gasteiger partial charge in [0.2, 0.25) is 0 Å². The first-order chi connectivity index (χ1) is 8.19. The molecule has 0 unspecified atom stereocenters. The van der Waals surface area contributed by atoms with Crippen molar-refractivity contribution in [2.75, 3.05) is 0 Å². The molecule has 0 aliphatic rings. The van der Waals surface area contributed by atoms with Gasteiger partial charge in [-0.05, 0) is 18.1 Å². The molecular formula is C17H20. The van der Waals surface area contributed by atoms with E-state index in [1.165, 1.54) is 0 Å². The average Bonchev–Trinajstić information content (AvgIpc) is 2.36. The van der Waals surface area contributed by atoms with E-state index in [4.69, 9.17) is 0 Å². The lowest BCUT2D eigenvalue weighted by atomic mass is 10.0. The van der Waals surface area contributed by atoms with Gasteiger partial charge in [0.15, 0.2) is 0 Å². The summed E-state index contributed by atoms with van der Waals surface area (Å²) < 4.78 is 0. The van der Waals surface area contributed by atoms with Crippen LogP contribution in [-0.4, -0.2) is 0 Å². The van der Waals surface area contributed by atoms with Crippen molar-refractivity contribution in [2.24, 2.45) is 0 Å². The van der Waals surface area contributed by atoms with Gasteiger partial charge in [0.1, 0.15) is 0 Å². The van der Waals surface area contributed by atoms with E-state index in [0.717, 1.165) is 16.7 Å². The predicted octanol–water partition coefficient (Wildman–Crippen LogP) is 5.09. The maximum atomic E-state index is 3.81. The van der Waals surface area contributed by atoms with E-state index in [2.05, 4.69) is 26.3 Å². The Morgan fingerprint density at radius 2 is 1.29 bits per heavy atom. The maximum absolute atomic E-state index is 3.81. The van der Waals surface area contributed by atoms with Crippen molar-refractivity contribution in [3.63, 3.8) is 0 Å². The molecule has 0 aliphatic carbocycles. The van der Waals surface area contributed by atoms with Gasteiger partial charge in [-0.15, -0.1) is 0 Å². The largest absolute Gasteiger partial charge is 0.0991 e. The molecule has 0 atom stereocenters. The zero-order valence-corrected chi connectivity index (χ0v) is 10.5. The van der Waals surface area contributed by atoms with Gasteiger partial charge in [-0.1, -0.05) is 86.6 Å². The van der Waals surface area contributed by atoms with Crippen molar-refractivity contribution in [1.82, 2.24) is 0 Å². The molecule has 0 bridgehead atoms.